The maximum absolute atomic E-state index is 12.9. The van der Waals surface area contributed by atoms with Gasteiger partial charge in [-0.3, -0.25) is 18.6 Å². The predicted octanol–water partition coefficient (Wildman–Crippen LogP) is 12.0. The van der Waals surface area contributed by atoms with E-state index in [1.807, 2.05) is 0 Å². The molecule has 1 aliphatic rings. The zero-order chi connectivity index (χ0) is 49.2. The molecule has 0 aromatic heterocycles. The molecule has 67 heavy (non-hydrogen) atoms. The Kier molecular flexibility index (Phi) is 40.8. The van der Waals surface area contributed by atoms with Gasteiger partial charge >= 0.3 is 19.8 Å². The van der Waals surface area contributed by atoms with Gasteiger partial charge in [0.2, 0.25) is 0 Å². The lowest BCUT2D eigenvalue weighted by molar-refractivity contribution is -0.220. The van der Waals surface area contributed by atoms with Crippen molar-refractivity contribution in [2.24, 2.45) is 0 Å². The molecule has 1 saturated carbocycles. The number of phosphoric acid groups is 1. The number of carbonyl (C=O) groups excluding carboxylic acids is 2. The summed E-state index contributed by atoms with van der Waals surface area (Å²) in [5.41, 5.74) is 0. The number of carbonyl (C=O) groups is 2. The lowest BCUT2D eigenvalue weighted by Crippen LogP contribution is -2.64. The van der Waals surface area contributed by atoms with Crippen molar-refractivity contribution in [2.75, 3.05) is 13.2 Å². The molecule has 0 radical (unpaired) electrons. The monoisotopic (exact) mass is 975 g/mol. The summed E-state index contributed by atoms with van der Waals surface area (Å²) >= 11 is 0. The van der Waals surface area contributed by atoms with E-state index in [4.69, 9.17) is 18.5 Å². The summed E-state index contributed by atoms with van der Waals surface area (Å²) < 4.78 is 33.7. The summed E-state index contributed by atoms with van der Waals surface area (Å²) in [5.74, 6) is -1.10. The topological polar surface area (TPSA) is 210 Å². The van der Waals surface area contributed by atoms with Crippen molar-refractivity contribution in [3.63, 3.8) is 0 Å². The number of hydrogen-bond acceptors (Lipinski definition) is 12. The Morgan fingerprint density at radius 3 is 1.13 bits per heavy atom. The van der Waals surface area contributed by atoms with Gasteiger partial charge in [-0.2, -0.15) is 0 Å². The van der Waals surface area contributed by atoms with Crippen LogP contribution in [0.5, 0.6) is 0 Å². The SMILES string of the molecule is CCCCCCCCCC/C=C\CCCCCCCCCC(=O)OC[C@H](COP(=O)(O)OC1C(O)C(O)C(O)[C@@H](O)C1O)OC(=O)CCCCCCCCC/C=C\CCCCCCCCCC. The molecule has 8 atom stereocenters. The first-order chi connectivity index (χ1) is 32.4. The number of allylic oxidation sites excluding steroid dienone is 4. The predicted molar refractivity (Wildman–Crippen MR) is 267 cm³/mol. The molecule has 394 valence electrons. The molecule has 14 heteroatoms. The lowest BCUT2D eigenvalue weighted by Gasteiger charge is -2.41. The van der Waals surface area contributed by atoms with Gasteiger partial charge in [-0.05, 0) is 64.2 Å². The second-order valence-electron chi connectivity index (χ2n) is 19.1. The average Bonchev–Trinajstić information content (AvgIpc) is 3.31. The molecule has 1 fully saturated rings. The zero-order valence-corrected chi connectivity index (χ0v) is 43.1. The first-order valence-corrected chi connectivity index (χ1v) is 28.6. The van der Waals surface area contributed by atoms with Gasteiger partial charge < -0.3 is 39.9 Å². The quantitative estimate of drug-likeness (QED) is 0.0145. The lowest BCUT2D eigenvalue weighted by atomic mass is 9.85. The van der Waals surface area contributed by atoms with Crippen LogP contribution in [0.4, 0.5) is 0 Å². The van der Waals surface area contributed by atoms with E-state index < -0.39 is 75.7 Å². The van der Waals surface area contributed by atoms with Crippen LogP contribution in [0.25, 0.3) is 0 Å². The van der Waals surface area contributed by atoms with Crippen molar-refractivity contribution in [3.05, 3.63) is 24.3 Å². The number of hydrogen-bond donors (Lipinski definition) is 6. The van der Waals surface area contributed by atoms with E-state index in [2.05, 4.69) is 38.2 Å². The van der Waals surface area contributed by atoms with Gasteiger partial charge in [0.1, 0.15) is 43.2 Å². The van der Waals surface area contributed by atoms with Gasteiger partial charge in [-0.1, -0.05) is 192 Å². The number of unbranched alkanes of at least 4 members (excludes halogenated alkanes) is 30. The molecule has 1 rings (SSSR count). The highest BCUT2D eigenvalue weighted by atomic mass is 31.2. The second-order valence-corrected chi connectivity index (χ2v) is 20.5. The van der Waals surface area contributed by atoms with Gasteiger partial charge in [0, 0.05) is 12.8 Å². The van der Waals surface area contributed by atoms with Crippen LogP contribution in [0.1, 0.15) is 245 Å². The van der Waals surface area contributed by atoms with Crippen LogP contribution in [0, 0.1) is 0 Å². The van der Waals surface area contributed by atoms with E-state index in [0.717, 1.165) is 64.2 Å². The molecule has 0 spiro atoms. The van der Waals surface area contributed by atoms with Gasteiger partial charge in [0.25, 0.3) is 0 Å². The number of ether oxygens (including phenoxy) is 2. The fourth-order valence-corrected chi connectivity index (χ4v) is 9.37. The highest BCUT2D eigenvalue weighted by molar-refractivity contribution is 7.47. The highest BCUT2D eigenvalue weighted by Gasteiger charge is 2.51. The highest BCUT2D eigenvalue weighted by Crippen LogP contribution is 2.47. The number of aliphatic hydroxyl groups is 5. The van der Waals surface area contributed by atoms with Gasteiger partial charge in [-0.25, -0.2) is 4.57 Å². The molecule has 6 unspecified atom stereocenters. The normalized spacial score (nSPS) is 21.3. The summed E-state index contributed by atoms with van der Waals surface area (Å²) in [6, 6.07) is 0. The van der Waals surface area contributed by atoms with Crippen molar-refractivity contribution in [3.8, 4) is 0 Å². The summed E-state index contributed by atoms with van der Waals surface area (Å²) in [6.07, 6.45) is 36.5. The fourth-order valence-electron chi connectivity index (χ4n) is 8.40. The maximum Gasteiger partial charge on any atom is 0.472 e. The molecule has 13 nitrogen and oxygen atoms in total. The molecule has 0 heterocycles. The molecule has 1 aliphatic carbocycles. The van der Waals surface area contributed by atoms with Crippen LogP contribution in [0.15, 0.2) is 24.3 Å². The van der Waals surface area contributed by atoms with Crippen LogP contribution in [0.3, 0.4) is 0 Å². The van der Waals surface area contributed by atoms with Crippen molar-refractivity contribution >= 4 is 19.8 Å². The van der Waals surface area contributed by atoms with E-state index in [-0.39, 0.29) is 12.8 Å². The molecule has 0 saturated heterocycles. The Bertz CT molecular complexity index is 1270. The number of esters is 2. The minimum absolute atomic E-state index is 0.0933. The number of rotatable bonds is 46. The van der Waals surface area contributed by atoms with Crippen molar-refractivity contribution in [1.82, 2.24) is 0 Å². The Labute approximate surface area is 406 Å². The van der Waals surface area contributed by atoms with Crippen molar-refractivity contribution in [2.45, 2.75) is 288 Å². The molecular formula is C53H99O13P. The summed E-state index contributed by atoms with van der Waals surface area (Å²) in [7, 11) is -5.12. The fraction of sp³-hybridized carbons (Fsp3) is 0.887. The van der Waals surface area contributed by atoms with E-state index in [9.17, 15) is 44.6 Å². The van der Waals surface area contributed by atoms with E-state index in [1.165, 1.54) is 141 Å². The van der Waals surface area contributed by atoms with Crippen LogP contribution >= 0.6 is 7.82 Å². The standard InChI is InChI=1S/C53H99O13P/c1-3-5-7-9-11-13-15-17-19-21-23-25-27-29-31-33-35-37-39-41-46(54)63-43-45(44-64-67(61,62)66-53-51(59)49(57)48(56)50(58)52(53)60)65-47(55)42-40-38-36-34-32-30-28-26-24-22-20-18-16-14-12-10-8-6-4-2/h21-24,45,48-53,56-60H,3-20,25-44H2,1-2H3,(H,61,62)/b23-21-,24-22-/t45-,48?,49-,50?,51?,52?,53?/m1/s1. The number of phosphoric ester groups is 1. The number of aliphatic hydroxyl groups excluding tert-OH is 5. The van der Waals surface area contributed by atoms with Crippen LogP contribution in [0.2, 0.25) is 0 Å². The molecule has 0 aliphatic heterocycles. The van der Waals surface area contributed by atoms with E-state index >= 15 is 0 Å². The average molecular weight is 975 g/mol. The molecule has 0 bridgehead atoms. The Morgan fingerprint density at radius 1 is 0.448 bits per heavy atom. The Balaban J connectivity index is 2.38. The summed E-state index contributed by atoms with van der Waals surface area (Å²) in [5, 5.41) is 50.3. The van der Waals surface area contributed by atoms with Gasteiger partial charge in [-0.15, -0.1) is 0 Å². The third-order valence-corrected chi connectivity index (χ3v) is 13.8. The van der Waals surface area contributed by atoms with E-state index in [1.54, 1.807) is 0 Å². The minimum Gasteiger partial charge on any atom is -0.462 e. The van der Waals surface area contributed by atoms with Gasteiger partial charge in [0.15, 0.2) is 6.10 Å². The smallest absolute Gasteiger partial charge is 0.462 e. The third-order valence-electron chi connectivity index (χ3n) is 12.8. The second kappa shape index (κ2) is 43.1. The van der Waals surface area contributed by atoms with Crippen molar-refractivity contribution in [1.29, 1.82) is 0 Å². The Morgan fingerprint density at radius 2 is 0.761 bits per heavy atom. The summed E-state index contributed by atoms with van der Waals surface area (Å²) in [4.78, 5) is 35.9. The third kappa shape index (κ3) is 35.1. The molecular weight excluding hydrogens is 876 g/mol. The first-order valence-electron chi connectivity index (χ1n) is 27.1. The Hall–Kier alpha value is -1.67. The minimum atomic E-state index is -5.12. The largest absolute Gasteiger partial charge is 0.472 e. The molecule has 0 aromatic rings. The van der Waals surface area contributed by atoms with Crippen LogP contribution < -0.4 is 0 Å². The zero-order valence-electron chi connectivity index (χ0n) is 42.2. The maximum atomic E-state index is 12.9. The molecule has 0 amide bonds. The van der Waals surface area contributed by atoms with Crippen LogP contribution in [-0.4, -0.2) is 98.3 Å². The van der Waals surface area contributed by atoms with Crippen LogP contribution in [-0.2, 0) is 32.7 Å². The van der Waals surface area contributed by atoms with E-state index in [0.29, 0.717) is 12.8 Å². The first kappa shape index (κ1) is 63.3. The molecule has 6 N–H and O–H groups in total. The van der Waals surface area contributed by atoms with Gasteiger partial charge in [0.05, 0.1) is 6.61 Å². The van der Waals surface area contributed by atoms with Crippen molar-refractivity contribution < 1.29 is 63.1 Å². The summed E-state index contributed by atoms with van der Waals surface area (Å²) in [6.45, 7) is 3.33. The molecule has 0 aromatic carbocycles.